The van der Waals surface area contributed by atoms with Crippen LogP contribution < -0.4 is 10.6 Å². The summed E-state index contributed by atoms with van der Waals surface area (Å²) in [6.45, 7) is 12.2. The molecule has 2 aromatic carbocycles. The molecule has 4 amide bonds. The Morgan fingerprint density at radius 2 is 1.57 bits per heavy atom. The summed E-state index contributed by atoms with van der Waals surface area (Å²) in [5.74, 6) is -1.87. The second-order valence-corrected chi connectivity index (χ2v) is 15.9. The van der Waals surface area contributed by atoms with E-state index in [1.54, 1.807) is 18.7 Å². The van der Waals surface area contributed by atoms with Gasteiger partial charge in [0.25, 0.3) is 0 Å². The molecule has 56 heavy (non-hydrogen) atoms. The van der Waals surface area contributed by atoms with Crippen LogP contribution in [0.4, 0.5) is 4.79 Å². The number of carbonyl (C=O) groups excluding carboxylic acids is 5. The van der Waals surface area contributed by atoms with Crippen molar-refractivity contribution in [2.45, 2.75) is 116 Å². The number of nitrogens with zero attached hydrogens (tertiary/aromatic N) is 6. The predicted octanol–water partition coefficient (Wildman–Crippen LogP) is 3.79. The molecule has 2 aliphatic rings. The monoisotopic (exact) mass is 772 g/mol. The molecule has 15 nitrogen and oxygen atoms in total. The zero-order chi connectivity index (χ0) is 40.6. The Morgan fingerprint density at radius 3 is 2.25 bits per heavy atom. The van der Waals surface area contributed by atoms with Crippen molar-refractivity contribution in [3.8, 4) is 0 Å². The number of nitrogens with one attached hydrogen (secondary N) is 2. The van der Waals surface area contributed by atoms with Crippen molar-refractivity contribution in [1.82, 2.24) is 40.6 Å². The summed E-state index contributed by atoms with van der Waals surface area (Å²) in [7, 11) is 1.24. The Hall–Kier alpha value is -5.34. The number of aromatic nitrogens is 4. The van der Waals surface area contributed by atoms with Crippen molar-refractivity contribution in [1.29, 1.82) is 0 Å². The van der Waals surface area contributed by atoms with Gasteiger partial charge in [0.2, 0.25) is 17.7 Å². The van der Waals surface area contributed by atoms with Crippen LogP contribution in [0.5, 0.6) is 0 Å². The van der Waals surface area contributed by atoms with Gasteiger partial charge in [-0.25, -0.2) is 14.3 Å². The fraction of sp³-hybridized carbons (Fsp3) is 0.561. The van der Waals surface area contributed by atoms with E-state index in [0.717, 1.165) is 11.1 Å². The minimum atomic E-state index is -1.02. The molecule has 3 aromatic rings. The molecular weight excluding hydrogens is 716 g/mol. The van der Waals surface area contributed by atoms with Crippen LogP contribution in [0.3, 0.4) is 0 Å². The van der Waals surface area contributed by atoms with Gasteiger partial charge in [0, 0.05) is 32.4 Å². The van der Waals surface area contributed by atoms with E-state index in [9.17, 15) is 24.0 Å². The molecule has 15 heteroatoms. The summed E-state index contributed by atoms with van der Waals surface area (Å²) in [6, 6.07) is 15.0. The highest BCUT2D eigenvalue weighted by Gasteiger charge is 2.45. The van der Waals surface area contributed by atoms with Gasteiger partial charge in [-0.05, 0) is 72.1 Å². The first-order valence-electron chi connectivity index (χ1n) is 19.5. The fourth-order valence-corrected chi connectivity index (χ4v) is 7.40. The van der Waals surface area contributed by atoms with Crippen LogP contribution in [0.1, 0.15) is 89.7 Å². The Balaban J connectivity index is 1.15. The van der Waals surface area contributed by atoms with Gasteiger partial charge in [-0.2, -0.15) is 0 Å². The van der Waals surface area contributed by atoms with Gasteiger partial charge in [-0.3, -0.25) is 14.4 Å². The molecule has 1 saturated heterocycles. The lowest BCUT2D eigenvalue weighted by molar-refractivity contribution is -0.152. The summed E-state index contributed by atoms with van der Waals surface area (Å²) in [4.78, 5) is 70.1. The minimum absolute atomic E-state index is 0.0334. The maximum absolute atomic E-state index is 14.1. The van der Waals surface area contributed by atoms with Crippen molar-refractivity contribution >= 4 is 29.8 Å². The molecule has 1 unspecified atom stereocenters. The fourth-order valence-electron chi connectivity index (χ4n) is 7.40. The molecule has 0 radical (unpaired) electrons. The van der Waals surface area contributed by atoms with E-state index in [0.29, 0.717) is 44.6 Å². The maximum atomic E-state index is 14.1. The number of tetrazole rings is 1. The average molecular weight is 773 g/mol. The highest BCUT2D eigenvalue weighted by atomic mass is 16.6. The third-order valence-electron chi connectivity index (χ3n) is 10.8. The highest BCUT2D eigenvalue weighted by molar-refractivity contribution is 5.94. The van der Waals surface area contributed by atoms with Crippen LogP contribution in [0.15, 0.2) is 54.6 Å². The minimum Gasteiger partial charge on any atom is -0.467 e. The van der Waals surface area contributed by atoms with Crippen molar-refractivity contribution < 1.29 is 33.4 Å². The molecule has 0 saturated carbocycles. The Bertz CT molecular complexity index is 1850. The number of hydrogen-bond donors (Lipinski definition) is 2. The lowest BCUT2D eigenvalue weighted by Crippen LogP contribution is -2.58. The molecule has 0 spiro atoms. The van der Waals surface area contributed by atoms with Crippen molar-refractivity contribution in [2.24, 2.45) is 11.8 Å². The van der Waals surface area contributed by atoms with E-state index < -0.39 is 53.6 Å². The quantitative estimate of drug-likeness (QED) is 0.171. The van der Waals surface area contributed by atoms with Gasteiger partial charge < -0.3 is 29.9 Å². The number of benzene rings is 2. The zero-order valence-electron chi connectivity index (χ0n) is 33.6. The number of aryl methyl sites for hydroxylation is 1. The number of hydrogen-bond acceptors (Lipinski definition) is 10. The Kier molecular flexibility index (Phi) is 13.8. The SMILES string of the molecule is COC(=O)[C@@H]1CC(OC(=O)N2CCc3ccccc3C2)CN1C(=O)[C@@H](NC(=O)[C@@H](NC(=O)CCCCc1nnnn1C(C)(C)c1ccccc1)C(C)C)C(C)C. The third-order valence-corrected chi connectivity index (χ3v) is 10.8. The molecule has 2 aliphatic heterocycles. The molecule has 3 heterocycles. The highest BCUT2D eigenvalue weighted by Crippen LogP contribution is 2.27. The van der Waals surface area contributed by atoms with Crippen LogP contribution in [0.2, 0.25) is 0 Å². The van der Waals surface area contributed by atoms with Crippen LogP contribution in [0, 0.1) is 11.8 Å². The first-order valence-corrected chi connectivity index (χ1v) is 19.5. The average Bonchev–Trinajstić information content (AvgIpc) is 3.85. The van der Waals surface area contributed by atoms with Crippen LogP contribution >= 0.6 is 0 Å². The first-order chi connectivity index (χ1) is 26.7. The van der Waals surface area contributed by atoms with E-state index in [4.69, 9.17) is 9.47 Å². The maximum Gasteiger partial charge on any atom is 0.410 e. The summed E-state index contributed by atoms with van der Waals surface area (Å²) in [5.41, 5.74) is 2.85. The first kappa shape index (κ1) is 41.8. The lowest BCUT2D eigenvalue weighted by Gasteiger charge is -2.31. The molecule has 1 fully saturated rings. The lowest BCUT2D eigenvalue weighted by atomic mass is 9.94. The second kappa shape index (κ2) is 18.5. The van der Waals surface area contributed by atoms with E-state index in [2.05, 4.69) is 40.0 Å². The molecule has 2 N–H and O–H groups in total. The number of carbonyl (C=O) groups is 5. The Labute approximate surface area is 328 Å². The number of unbranched alkanes of at least 4 members (excludes halogenated alkanes) is 1. The van der Waals surface area contributed by atoms with E-state index in [1.807, 2.05) is 73.1 Å². The van der Waals surface area contributed by atoms with Gasteiger partial charge in [0.15, 0.2) is 5.82 Å². The number of fused-ring (bicyclic) bond motifs is 1. The van der Waals surface area contributed by atoms with Gasteiger partial charge in [-0.1, -0.05) is 82.3 Å². The van der Waals surface area contributed by atoms with Crippen LogP contribution in [-0.4, -0.2) is 104 Å². The van der Waals surface area contributed by atoms with Crippen LogP contribution in [0.25, 0.3) is 0 Å². The number of methoxy groups -OCH3 is 1. The topological polar surface area (TPSA) is 178 Å². The van der Waals surface area contributed by atoms with Crippen molar-refractivity contribution in [3.63, 3.8) is 0 Å². The number of ether oxygens (including phenoxy) is 2. The van der Waals surface area contributed by atoms with Gasteiger partial charge >= 0.3 is 12.1 Å². The van der Waals surface area contributed by atoms with Gasteiger partial charge in [-0.15, -0.1) is 5.10 Å². The second-order valence-electron chi connectivity index (χ2n) is 15.9. The van der Waals surface area contributed by atoms with Crippen molar-refractivity contribution in [2.75, 3.05) is 20.2 Å². The summed E-state index contributed by atoms with van der Waals surface area (Å²) in [6.07, 6.45) is 1.46. The van der Waals surface area contributed by atoms with E-state index >= 15 is 0 Å². The number of rotatable bonds is 15. The standard InChI is InChI=1S/C41H56N8O7/c1-26(2)35(42-34(50)20-14-13-19-33-44-45-46-49(33)41(5,6)30-17-9-8-10-18-30)37(51)43-36(27(3)4)38(52)48-25-31(23-32(48)39(53)55-7)56-40(54)47-22-21-28-15-11-12-16-29(28)24-47/h8-12,15-18,26-27,31-32,35-36H,13-14,19-25H2,1-7H3,(H,42,50)(H,43,51)/t31?,32-,35-,36-/m0/s1. The molecule has 1 aromatic heterocycles. The number of likely N-dealkylation sites (tertiary alicyclic amines) is 1. The summed E-state index contributed by atoms with van der Waals surface area (Å²) in [5, 5.41) is 18.1. The smallest absolute Gasteiger partial charge is 0.410 e. The summed E-state index contributed by atoms with van der Waals surface area (Å²) >= 11 is 0. The molecular formula is C41H56N8O7. The molecule has 0 bridgehead atoms. The van der Waals surface area contributed by atoms with Crippen LogP contribution in [-0.2, 0) is 53.6 Å². The van der Waals surface area contributed by atoms with Gasteiger partial charge in [0.1, 0.15) is 24.2 Å². The third kappa shape index (κ3) is 9.90. The van der Waals surface area contributed by atoms with Gasteiger partial charge in [0.05, 0.1) is 19.2 Å². The Morgan fingerprint density at radius 1 is 0.893 bits per heavy atom. The molecule has 0 aliphatic carbocycles. The summed E-state index contributed by atoms with van der Waals surface area (Å²) < 4.78 is 12.7. The number of esters is 1. The van der Waals surface area contributed by atoms with Crippen molar-refractivity contribution in [3.05, 3.63) is 77.1 Å². The largest absolute Gasteiger partial charge is 0.467 e. The van der Waals surface area contributed by atoms with E-state index in [-0.39, 0.29) is 37.1 Å². The zero-order valence-corrected chi connectivity index (χ0v) is 33.6. The molecule has 4 atom stereocenters. The molecule has 5 rings (SSSR count). The predicted molar refractivity (Wildman–Crippen MR) is 207 cm³/mol. The normalized spacial score (nSPS) is 17.9. The number of amides is 4. The molecule has 302 valence electrons. The van der Waals surface area contributed by atoms with E-state index in [1.165, 1.54) is 17.6 Å².